The number of pyridine rings is 1. The van der Waals surface area contributed by atoms with Crippen molar-refractivity contribution in [3.05, 3.63) is 140 Å². The maximum atomic E-state index is 6.95. The zero-order valence-corrected chi connectivity index (χ0v) is 30.4. The van der Waals surface area contributed by atoms with Crippen LogP contribution in [0.1, 0.15) is 0 Å². The maximum absolute atomic E-state index is 6.95. The fourth-order valence-electron chi connectivity index (χ4n) is 8.87. The van der Waals surface area contributed by atoms with E-state index in [4.69, 9.17) is 14.5 Å². The number of nitrogens with zero attached hydrogens (tertiary/aromatic N) is 3. The summed E-state index contributed by atoms with van der Waals surface area (Å²) in [4.78, 5) is 8.11. The molecule has 0 spiro atoms. The number of ether oxygens (including phenoxy) is 2. The van der Waals surface area contributed by atoms with Crippen LogP contribution in [0.2, 0.25) is 0 Å². The molecule has 0 radical (unpaired) electrons. The van der Waals surface area contributed by atoms with E-state index < -0.39 is 32.4 Å². The fraction of sp³-hybridized carbons (Fsp3) is 0. The average Bonchev–Trinajstić information content (AvgIpc) is 3.48. The van der Waals surface area contributed by atoms with Crippen LogP contribution in [0.25, 0.3) is 27.5 Å². The first kappa shape index (κ1) is 26.0. The third-order valence-corrected chi connectivity index (χ3v) is 24.4. The van der Waals surface area contributed by atoms with Crippen LogP contribution in [0.15, 0.2) is 140 Å². The molecule has 7 heteroatoms. The minimum absolute atomic E-state index is 0.800. The molecule has 48 heavy (non-hydrogen) atoms. The Balaban J connectivity index is 1.19. The number of hydrogen-bond donors (Lipinski definition) is 0. The van der Waals surface area contributed by atoms with Gasteiger partial charge in [0.2, 0.25) is 0 Å². The molecular weight excluding hydrogens is 706 g/mol. The van der Waals surface area contributed by atoms with E-state index in [1.54, 1.807) is 0 Å². The van der Waals surface area contributed by atoms with E-state index in [2.05, 4.69) is 149 Å². The molecule has 0 unspecified atom stereocenters. The van der Waals surface area contributed by atoms with Gasteiger partial charge in [-0.2, -0.15) is 0 Å². The monoisotopic (exact) mass is 727 g/mol. The number of benzene rings is 6. The van der Waals surface area contributed by atoms with Gasteiger partial charge >= 0.3 is 288 Å². The van der Waals surface area contributed by atoms with Crippen molar-refractivity contribution in [3.8, 4) is 28.8 Å². The molecule has 6 aromatic carbocycles. The van der Waals surface area contributed by atoms with Crippen molar-refractivity contribution >= 4 is 96.1 Å². The van der Waals surface area contributed by atoms with Gasteiger partial charge in [0.25, 0.3) is 0 Å². The van der Waals surface area contributed by atoms with Gasteiger partial charge in [-0.15, -0.1) is 0 Å². The summed E-state index contributed by atoms with van der Waals surface area (Å²) in [6.07, 6.45) is 0. The van der Waals surface area contributed by atoms with Crippen molar-refractivity contribution in [1.82, 2.24) is 9.55 Å². The Hall–Kier alpha value is -5.06. The third kappa shape index (κ3) is 3.20. The number of hydrogen-bond acceptors (Lipinski definition) is 4. The minimum atomic E-state index is -2.72. The predicted molar refractivity (Wildman–Crippen MR) is 196 cm³/mol. The molecule has 0 saturated carbocycles. The van der Waals surface area contributed by atoms with Crippen LogP contribution in [0.5, 0.6) is 23.1 Å². The summed E-state index contributed by atoms with van der Waals surface area (Å²) in [6, 6.07) is 50.7. The quantitative estimate of drug-likeness (QED) is 0.209. The number of para-hydroxylation sites is 4. The first-order valence-corrected chi connectivity index (χ1v) is 23.7. The van der Waals surface area contributed by atoms with Crippen LogP contribution in [-0.2, 0) is 0 Å². The van der Waals surface area contributed by atoms with Crippen LogP contribution >= 0.6 is 0 Å². The normalized spacial score (nSPS) is 14.0. The van der Waals surface area contributed by atoms with E-state index in [9.17, 15) is 0 Å². The molecule has 0 saturated heterocycles. The van der Waals surface area contributed by atoms with Gasteiger partial charge in [-0.3, -0.25) is 0 Å². The van der Waals surface area contributed by atoms with Gasteiger partial charge in [0, 0.05) is 0 Å². The molecule has 2 aromatic heterocycles. The Morgan fingerprint density at radius 2 is 1.19 bits per heavy atom. The summed E-state index contributed by atoms with van der Waals surface area (Å²) in [5.41, 5.74) is 7.40. The molecule has 6 heterocycles. The van der Waals surface area contributed by atoms with Crippen molar-refractivity contribution in [2.24, 2.45) is 0 Å². The van der Waals surface area contributed by atoms with E-state index in [1.165, 1.54) is 63.7 Å². The van der Waals surface area contributed by atoms with Crippen LogP contribution in [0.3, 0.4) is 0 Å². The number of anilines is 3. The van der Waals surface area contributed by atoms with E-state index >= 15 is 0 Å². The summed E-state index contributed by atoms with van der Waals surface area (Å²) >= 11 is -5.44. The molecule has 0 amide bonds. The van der Waals surface area contributed by atoms with Crippen molar-refractivity contribution < 1.29 is 9.47 Å². The molecular formula is C41H23Ga2N3O2. The second kappa shape index (κ2) is 9.30. The first-order chi connectivity index (χ1) is 23.8. The van der Waals surface area contributed by atoms with Crippen LogP contribution in [0, 0.1) is 0 Å². The Bertz CT molecular complexity index is 2720. The number of aromatic nitrogens is 2. The van der Waals surface area contributed by atoms with E-state index in [1.807, 2.05) is 0 Å². The van der Waals surface area contributed by atoms with Crippen molar-refractivity contribution in [3.63, 3.8) is 0 Å². The Labute approximate surface area is 286 Å². The summed E-state index contributed by atoms with van der Waals surface area (Å²) in [6.45, 7) is 0. The molecule has 0 N–H and O–H groups in total. The van der Waals surface area contributed by atoms with Crippen LogP contribution < -0.4 is 39.2 Å². The Kier molecular flexibility index (Phi) is 5.03. The Morgan fingerprint density at radius 3 is 2.10 bits per heavy atom. The molecule has 0 bridgehead atoms. The molecule has 5 nitrogen and oxygen atoms in total. The van der Waals surface area contributed by atoms with Gasteiger partial charge in [0.15, 0.2) is 0 Å². The standard InChI is InChI=1S/C41H23N3O2.2Ga/c1-3-13-30(14-4-1)43(31-15-11-19-35(27-31)45-34-17-5-2-6-18-34)33-25-26-41(42-29-33)46-36-20-12-16-32(28-36)44-39-23-9-7-21-37(39)38-22-8-10-24-40(38)44;;/h1-17,19-23,25H;;. The van der Waals surface area contributed by atoms with Crippen LogP contribution in [-0.4, -0.2) is 42.0 Å². The summed E-state index contributed by atoms with van der Waals surface area (Å²) in [7, 11) is 0. The van der Waals surface area contributed by atoms with Gasteiger partial charge in [0.1, 0.15) is 0 Å². The first-order valence-electron chi connectivity index (χ1n) is 16.5. The van der Waals surface area contributed by atoms with Crippen molar-refractivity contribution in [2.75, 3.05) is 4.90 Å². The second-order valence-corrected chi connectivity index (χ2v) is 24.2. The van der Waals surface area contributed by atoms with E-state index in [0.29, 0.717) is 0 Å². The van der Waals surface area contributed by atoms with Gasteiger partial charge < -0.3 is 0 Å². The molecule has 12 rings (SSSR count). The fourth-order valence-corrected chi connectivity index (χ4v) is 23.2. The second-order valence-electron chi connectivity index (χ2n) is 13.0. The number of rotatable bonds is 1. The molecule has 220 valence electrons. The SMILES string of the molecule is c1ccc(N2c3c[c]4c(n[c]3[Ga]3[c]5ccccc5Oc5cccc2[c]53)Oc2cccc3[c]2[Ga]4[c]2cccc4c5ccccc5n-3c24)cc1. The molecule has 8 aromatic rings. The predicted octanol–water partition coefficient (Wildman–Crippen LogP) is 5.52. The third-order valence-electron chi connectivity index (χ3n) is 10.7. The molecule has 4 aliphatic heterocycles. The zero-order valence-electron chi connectivity index (χ0n) is 25.6. The van der Waals surface area contributed by atoms with Crippen molar-refractivity contribution in [2.45, 2.75) is 0 Å². The Morgan fingerprint density at radius 1 is 0.500 bits per heavy atom. The summed E-state index contributed by atoms with van der Waals surface area (Å²) < 4.78 is 24.0. The van der Waals surface area contributed by atoms with Gasteiger partial charge in [-0.1, -0.05) is 0 Å². The van der Waals surface area contributed by atoms with E-state index in [0.717, 1.165) is 28.8 Å². The van der Waals surface area contributed by atoms with Crippen molar-refractivity contribution in [1.29, 1.82) is 0 Å². The van der Waals surface area contributed by atoms with E-state index in [-0.39, 0.29) is 0 Å². The summed E-state index contributed by atoms with van der Waals surface area (Å²) in [5, 5.41) is 2.62. The average molecular weight is 729 g/mol. The van der Waals surface area contributed by atoms with Gasteiger partial charge in [-0.25, -0.2) is 0 Å². The molecule has 0 aliphatic carbocycles. The molecule has 0 atom stereocenters. The summed E-state index contributed by atoms with van der Waals surface area (Å²) in [5.74, 6) is 3.69. The van der Waals surface area contributed by atoms with Gasteiger partial charge in [-0.05, 0) is 0 Å². The topological polar surface area (TPSA) is 39.5 Å². The zero-order chi connectivity index (χ0) is 31.1. The van der Waals surface area contributed by atoms with Crippen LogP contribution in [0.4, 0.5) is 17.1 Å². The van der Waals surface area contributed by atoms with Gasteiger partial charge in [0.05, 0.1) is 0 Å². The number of fused-ring (bicyclic) bond motifs is 11. The molecule has 0 fully saturated rings. The molecule has 4 aliphatic rings.